The molecule has 1 heterocycles. The number of carbonyl (C=O) groups excluding carboxylic acids is 2. The van der Waals surface area contributed by atoms with E-state index in [1.54, 1.807) is 21.0 Å². The number of Topliss-reactive ketones (excluding diaryl/α,β-unsaturated/α-hetero) is 1. The van der Waals surface area contributed by atoms with E-state index < -0.39 is 22.8 Å². The standard InChI is InChI=1S/C50H73N3O7/c1-30(2)40-35(54)28-50(42-31(3)43(56)53(52(42)27-26-51(11)12)32-14-16-33(59-13)17-15-32)25-24-48(9)34(41(40)50)18-19-37-47(8)22-21-38(60-39(55)29-45(4,5)44(57)58)46(6,7)36(47)20-23-49(37,48)10/h14-17,30,34,36-38H,18-29H2,1-13H3,(H,57,58)/t34?,36?,37?,38?,47?,48-,49?,50?/m1/s1. The number of fused-ring (bicyclic) bond motifs is 7. The number of esters is 1. The van der Waals surface area contributed by atoms with Gasteiger partial charge >= 0.3 is 11.9 Å². The van der Waals surface area contributed by atoms with Crippen molar-refractivity contribution in [2.24, 2.45) is 50.7 Å². The molecule has 4 saturated carbocycles. The van der Waals surface area contributed by atoms with Gasteiger partial charge in [-0.05, 0) is 162 Å². The van der Waals surface area contributed by atoms with Crippen molar-refractivity contribution in [3.63, 3.8) is 0 Å². The number of carboxylic acids is 1. The van der Waals surface area contributed by atoms with Gasteiger partial charge in [-0.3, -0.25) is 23.9 Å². The number of nitrogens with zero attached hydrogens (tertiary/aromatic N) is 3. The number of benzene rings is 1. The van der Waals surface area contributed by atoms with Crippen LogP contribution in [0.3, 0.4) is 0 Å². The molecular weight excluding hydrogens is 755 g/mol. The molecule has 330 valence electrons. The Bertz CT molecular complexity index is 2140. The van der Waals surface area contributed by atoms with Crippen molar-refractivity contribution < 1.29 is 29.0 Å². The van der Waals surface area contributed by atoms with E-state index in [0.29, 0.717) is 24.8 Å². The highest BCUT2D eigenvalue weighted by atomic mass is 16.5. The molecule has 0 amide bonds. The van der Waals surface area contributed by atoms with Crippen LogP contribution in [0.2, 0.25) is 0 Å². The third-order valence-electron chi connectivity index (χ3n) is 17.7. The number of rotatable bonds is 11. The summed E-state index contributed by atoms with van der Waals surface area (Å²) in [6, 6.07) is 7.73. The zero-order chi connectivity index (χ0) is 44.1. The van der Waals surface area contributed by atoms with Crippen molar-refractivity contribution in [2.75, 3.05) is 27.7 Å². The van der Waals surface area contributed by atoms with Crippen molar-refractivity contribution in [3.05, 3.63) is 57.0 Å². The smallest absolute Gasteiger partial charge is 0.309 e. The van der Waals surface area contributed by atoms with Gasteiger partial charge in [0.05, 0.1) is 36.9 Å². The number of methoxy groups -OCH3 is 1. The number of hydrogen-bond acceptors (Lipinski definition) is 7. The van der Waals surface area contributed by atoms with Gasteiger partial charge in [-0.2, -0.15) is 0 Å². The SMILES string of the molecule is COc1ccc(-n2c(=O)c(C)c(C34CC[C@]5(C)C(CCC6C7(C)CCC(OC(=O)CC(C)(C)C(=O)O)C(C)(C)C7CCC65C)C3=C(C(C)C)C(=O)C4)n2CCN(C)C)cc1. The first-order valence-corrected chi connectivity index (χ1v) is 22.7. The van der Waals surface area contributed by atoms with Crippen LogP contribution in [0, 0.1) is 57.7 Å². The summed E-state index contributed by atoms with van der Waals surface area (Å²) >= 11 is 0. The topological polar surface area (TPSA) is 120 Å². The normalized spacial score (nSPS) is 33.6. The Morgan fingerprint density at radius 3 is 2.18 bits per heavy atom. The first-order chi connectivity index (χ1) is 27.9. The quantitative estimate of drug-likeness (QED) is 0.223. The van der Waals surface area contributed by atoms with Gasteiger partial charge in [0.25, 0.3) is 5.56 Å². The first-order valence-electron chi connectivity index (χ1n) is 22.7. The molecule has 0 saturated heterocycles. The summed E-state index contributed by atoms with van der Waals surface area (Å²) in [6.07, 6.45) is 7.69. The van der Waals surface area contributed by atoms with Crippen molar-refractivity contribution in [1.29, 1.82) is 0 Å². The molecule has 60 heavy (non-hydrogen) atoms. The van der Waals surface area contributed by atoms with Crippen LogP contribution < -0.4 is 10.3 Å². The van der Waals surface area contributed by atoms with E-state index in [2.05, 4.69) is 72.1 Å². The fraction of sp³-hybridized carbons (Fsp3) is 0.720. The number of hydrogen-bond donors (Lipinski definition) is 1. The van der Waals surface area contributed by atoms with E-state index in [-0.39, 0.29) is 57.4 Å². The van der Waals surface area contributed by atoms with Gasteiger partial charge in [0.15, 0.2) is 5.78 Å². The molecule has 7 rings (SSSR count). The zero-order valence-electron chi connectivity index (χ0n) is 38.9. The van der Waals surface area contributed by atoms with Gasteiger partial charge in [0.1, 0.15) is 11.9 Å². The Morgan fingerprint density at radius 2 is 1.58 bits per heavy atom. The maximum absolute atomic E-state index is 14.7. The lowest BCUT2D eigenvalue weighted by atomic mass is 9.33. The van der Waals surface area contributed by atoms with Crippen LogP contribution >= 0.6 is 0 Å². The Labute approximate surface area is 358 Å². The predicted octanol–water partition coefficient (Wildman–Crippen LogP) is 9.16. The Morgan fingerprint density at radius 1 is 0.917 bits per heavy atom. The molecule has 10 heteroatoms. The summed E-state index contributed by atoms with van der Waals surface area (Å²) in [7, 11) is 5.78. The second-order valence-electron chi connectivity index (χ2n) is 22.2. The fourth-order valence-electron chi connectivity index (χ4n) is 14.5. The molecule has 5 aliphatic rings. The minimum Gasteiger partial charge on any atom is -0.497 e. The molecule has 2 aromatic rings. The summed E-state index contributed by atoms with van der Waals surface area (Å²) < 4.78 is 15.8. The van der Waals surface area contributed by atoms with E-state index in [4.69, 9.17) is 9.47 Å². The second kappa shape index (κ2) is 15.0. The molecule has 0 radical (unpaired) electrons. The summed E-state index contributed by atoms with van der Waals surface area (Å²) in [5.74, 6) is 0.636. The predicted molar refractivity (Wildman–Crippen MR) is 234 cm³/mol. The highest BCUT2D eigenvalue weighted by Gasteiger charge is 2.71. The molecular formula is C50H73N3O7. The van der Waals surface area contributed by atoms with E-state index in [9.17, 15) is 24.3 Å². The molecule has 0 bridgehead atoms. The van der Waals surface area contributed by atoms with Gasteiger partial charge < -0.3 is 19.5 Å². The molecule has 4 fully saturated rings. The van der Waals surface area contributed by atoms with Crippen LogP contribution in [0.25, 0.3) is 5.69 Å². The molecule has 5 aliphatic carbocycles. The lowest BCUT2D eigenvalue weighted by Gasteiger charge is -2.72. The lowest BCUT2D eigenvalue weighted by Crippen LogP contribution is -2.66. The monoisotopic (exact) mass is 828 g/mol. The Hall–Kier alpha value is -3.66. The van der Waals surface area contributed by atoms with Crippen LogP contribution in [-0.2, 0) is 31.1 Å². The van der Waals surface area contributed by atoms with E-state index in [1.165, 1.54) is 5.57 Å². The fourth-order valence-corrected chi connectivity index (χ4v) is 14.5. The summed E-state index contributed by atoms with van der Waals surface area (Å²) in [4.78, 5) is 56.6. The van der Waals surface area contributed by atoms with Crippen LogP contribution in [0.5, 0.6) is 5.75 Å². The molecule has 10 nitrogen and oxygen atoms in total. The molecule has 1 aromatic heterocycles. The van der Waals surface area contributed by atoms with Crippen molar-refractivity contribution in [3.8, 4) is 11.4 Å². The molecule has 8 atom stereocenters. The van der Waals surface area contributed by atoms with Gasteiger partial charge in [0.2, 0.25) is 0 Å². The van der Waals surface area contributed by atoms with Crippen LogP contribution in [0.1, 0.15) is 138 Å². The molecule has 1 aromatic carbocycles. The zero-order valence-corrected chi connectivity index (χ0v) is 38.9. The summed E-state index contributed by atoms with van der Waals surface area (Å²) in [6.45, 7) is 23.1. The number of ketones is 1. The van der Waals surface area contributed by atoms with Crippen molar-refractivity contribution in [2.45, 2.75) is 152 Å². The number of ether oxygens (including phenoxy) is 2. The Balaban J connectivity index is 1.29. The third-order valence-corrected chi connectivity index (χ3v) is 17.7. The van der Waals surface area contributed by atoms with Gasteiger partial charge in [-0.25, -0.2) is 4.68 Å². The molecule has 0 spiro atoms. The molecule has 7 unspecified atom stereocenters. The highest BCUT2D eigenvalue weighted by Crippen LogP contribution is 2.77. The van der Waals surface area contributed by atoms with Gasteiger partial charge in [-0.1, -0.05) is 48.5 Å². The largest absolute Gasteiger partial charge is 0.497 e. The maximum Gasteiger partial charge on any atom is 0.309 e. The number of carbonyl (C=O) groups is 3. The molecule has 0 aliphatic heterocycles. The third kappa shape index (κ3) is 6.49. The highest BCUT2D eigenvalue weighted by molar-refractivity contribution is 6.02. The van der Waals surface area contributed by atoms with E-state index >= 15 is 0 Å². The minimum absolute atomic E-state index is 0.00776. The maximum atomic E-state index is 14.7. The van der Waals surface area contributed by atoms with Crippen LogP contribution in [-0.4, -0.2) is 70.9 Å². The van der Waals surface area contributed by atoms with Crippen molar-refractivity contribution in [1.82, 2.24) is 14.3 Å². The number of likely N-dealkylation sites (N-methyl/N-ethyl adjacent to an activating group) is 1. The average molecular weight is 828 g/mol. The second-order valence-corrected chi connectivity index (χ2v) is 22.2. The summed E-state index contributed by atoms with van der Waals surface area (Å²) in [5.41, 5.74) is 2.82. The number of aromatic nitrogens is 2. The average Bonchev–Trinajstić information content (AvgIpc) is 3.61. The van der Waals surface area contributed by atoms with Crippen molar-refractivity contribution >= 4 is 17.7 Å². The van der Waals surface area contributed by atoms with Gasteiger partial charge in [-0.15, -0.1) is 0 Å². The molecule has 1 N–H and O–H groups in total. The number of allylic oxidation sites excluding steroid dienone is 2. The summed E-state index contributed by atoms with van der Waals surface area (Å²) in [5, 5.41) is 9.69. The van der Waals surface area contributed by atoms with Crippen LogP contribution in [0.4, 0.5) is 0 Å². The van der Waals surface area contributed by atoms with E-state index in [1.807, 2.05) is 35.9 Å². The lowest BCUT2D eigenvalue weighted by molar-refractivity contribution is -0.232. The number of carboxylic acid groups (broad SMARTS) is 1. The Kier molecular flexibility index (Phi) is 11.1. The number of aliphatic carboxylic acids is 1. The first kappa shape index (κ1) is 44.4. The van der Waals surface area contributed by atoms with Gasteiger partial charge in [0, 0.05) is 29.4 Å². The van der Waals surface area contributed by atoms with Crippen LogP contribution in [0.15, 0.2) is 40.2 Å². The minimum atomic E-state index is -1.18. The van der Waals surface area contributed by atoms with E-state index in [0.717, 1.165) is 86.2 Å².